The zero-order valence-electron chi connectivity index (χ0n) is 26.3. The molecule has 43 heavy (non-hydrogen) atoms. The monoisotopic (exact) mass is 593 g/mol. The number of hydrogen-bond donors (Lipinski definition) is 3. The van der Waals surface area contributed by atoms with E-state index in [4.69, 9.17) is 9.57 Å². The summed E-state index contributed by atoms with van der Waals surface area (Å²) in [6.07, 6.45) is 4.20. The van der Waals surface area contributed by atoms with E-state index in [9.17, 15) is 14.4 Å². The number of rotatable bonds is 10. The fourth-order valence-electron chi connectivity index (χ4n) is 6.59. The molecule has 0 radical (unpaired) electrons. The highest BCUT2D eigenvalue weighted by atomic mass is 16.7. The normalized spacial score (nSPS) is 24.4. The fraction of sp³-hybridized carbons (Fsp3) is 0.606. The average Bonchev–Trinajstić information content (AvgIpc) is 3.73. The third kappa shape index (κ3) is 7.85. The largest absolute Gasteiger partial charge is 0.382 e. The van der Waals surface area contributed by atoms with Crippen molar-refractivity contribution in [1.82, 2.24) is 20.3 Å². The molecule has 234 valence electrons. The van der Waals surface area contributed by atoms with Gasteiger partial charge in [-0.2, -0.15) is 0 Å². The fourth-order valence-corrected chi connectivity index (χ4v) is 6.59. The highest BCUT2D eigenvalue weighted by Gasteiger charge is 2.40. The van der Waals surface area contributed by atoms with Crippen LogP contribution < -0.4 is 16.2 Å². The summed E-state index contributed by atoms with van der Waals surface area (Å²) in [5.41, 5.74) is 5.87. The Morgan fingerprint density at radius 2 is 1.86 bits per heavy atom. The molecule has 3 aliphatic rings. The zero-order chi connectivity index (χ0) is 30.7. The van der Waals surface area contributed by atoms with E-state index in [1.807, 2.05) is 26.8 Å². The minimum absolute atomic E-state index is 0.162. The minimum Gasteiger partial charge on any atom is -0.382 e. The number of H-pyrrole nitrogens is 1. The molecular formula is C33H47N5O5. The first-order chi connectivity index (χ1) is 20.6. The molecular weight excluding hydrogens is 546 g/mol. The Bertz CT molecular complexity index is 1380. The van der Waals surface area contributed by atoms with Gasteiger partial charge in [-0.05, 0) is 93.2 Å². The van der Waals surface area contributed by atoms with Crippen molar-refractivity contribution in [3.63, 3.8) is 0 Å². The van der Waals surface area contributed by atoms with Crippen LogP contribution in [-0.4, -0.2) is 78.3 Å². The molecule has 2 aliphatic heterocycles. The number of aromatic nitrogens is 1. The molecule has 1 aliphatic carbocycles. The van der Waals surface area contributed by atoms with Crippen molar-refractivity contribution in [2.45, 2.75) is 84.9 Å². The second kappa shape index (κ2) is 13.6. The highest BCUT2D eigenvalue weighted by Crippen LogP contribution is 2.49. The Balaban J connectivity index is 1.31. The van der Waals surface area contributed by atoms with Crippen LogP contribution in [0.15, 0.2) is 23.0 Å². The summed E-state index contributed by atoms with van der Waals surface area (Å²) in [5, 5.41) is 8.55. The van der Waals surface area contributed by atoms with Gasteiger partial charge in [-0.1, -0.05) is 6.92 Å². The summed E-state index contributed by atoms with van der Waals surface area (Å²) in [6, 6.07) is 6.53. The van der Waals surface area contributed by atoms with Gasteiger partial charge in [0.2, 0.25) is 0 Å². The van der Waals surface area contributed by atoms with Gasteiger partial charge in [0.05, 0.1) is 6.10 Å². The quantitative estimate of drug-likeness (QED) is 0.381. The van der Waals surface area contributed by atoms with Crippen LogP contribution in [0.3, 0.4) is 0 Å². The predicted molar refractivity (Wildman–Crippen MR) is 166 cm³/mol. The maximum Gasteiger partial charge on any atom is 0.322 e. The number of aryl methyl sites for hydroxylation is 2. The Hall–Kier alpha value is -3.21. The van der Waals surface area contributed by atoms with Crippen LogP contribution in [0.2, 0.25) is 0 Å². The summed E-state index contributed by atoms with van der Waals surface area (Å²) in [6.45, 7) is 14.4. The third-order valence-electron chi connectivity index (χ3n) is 9.21. The van der Waals surface area contributed by atoms with Crippen LogP contribution in [0.5, 0.6) is 0 Å². The minimum atomic E-state index is -0.272. The number of anilines is 1. The number of amides is 1. The van der Waals surface area contributed by atoms with Crippen LogP contribution >= 0.6 is 0 Å². The summed E-state index contributed by atoms with van der Waals surface area (Å²) in [5.74, 6) is 0.470. The van der Waals surface area contributed by atoms with Crippen LogP contribution in [0.1, 0.15) is 83.8 Å². The second-order valence-corrected chi connectivity index (χ2v) is 12.5. The van der Waals surface area contributed by atoms with E-state index in [0.717, 1.165) is 74.4 Å². The Kier molecular flexibility index (Phi) is 9.88. The molecule has 1 aromatic carbocycles. The van der Waals surface area contributed by atoms with E-state index >= 15 is 0 Å². The Morgan fingerprint density at radius 3 is 2.56 bits per heavy atom. The van der Waals surface area contributed by atoms with Crippen molar-refractivity contribution in [3.05, 3.63) is 62.1 Å². The van der Waals surface area contributed by atoms with E-state index in [1.54, 1.807) is 5.06 Å². The van der Waals surface area contributed by atoms with Crippen molar-refractivity contribution >= 4 is 17.6 Å². The third-order valence-corrected chi connectivity index (χ3v) is 9.21. The number of pyridine rings is 1. The Morgan fingerprint density at radius 1 is 1.09 bits per heavy atom. The number of hydrogen-bond acceptors (Lipinski definition) is 8. The first-order valence-electron chi connectivity index (χ1n) is 15.8. The number of carbonyl (C=O) groups is 2. The van der Waals surface area contributed by atoms with Crippen LogP contribution in [0, 0.1) is 26.7 Å². The van der Waals surface area contributed by atoms with Crippen molar-refractivity contribution < 1.29 is 19.2 Å². The lowest BCUT2D eigenvalue weighted by Gasteiger charge is -2.33. The number of carbonyl (C=O) groups excluding carboxylic acids is 2. The number of hydroxylamine groups is 2. The first-order valence-corrected chi connectivity index (χ1v) is 15.8. The summed E-state index contributed by atoms with van der Waals surface area (Å²) in [4.78, 5) is 48.0. The standard InChI is InChI=1S/C33H47N5O5/c1-6-27-17-26(7-12-42-27)36-31-16-24(29-15-25(29)19-37-8-10-38(11-9-37)43-23(5)39)14-28(22(31)4)32(40)34-18-30-20(2)13-21(3)35-33(30)41/h13-14,16,25-27,29,36H,6-12,15,17-19H2,1-5H3,(H,34,40)(H,35,41). The van der Waals surface area contributed by atoms with Crippen LogP contribution in [-0.2, 0) is 20.9 Å². The van der Waals surface area contributed by atoms with Crippen LogP contribution in [0.25, 0.3) is 0 Å². The molecule has 3 N–H and O–H groups in total. The van der Waals surface area contributed by atoms with Crippen LogP contribution in [0.4, 0.5) is 5.69 Å². The van der Waals surface area contributed by atoms with Crippen molar-refractivity contribution in [2.75, 3.05) is 44.6 Å². The molecule has 5 rings (SSSR count). The molecule has 10 nitrogen and oxygen atoms in total. The van der Waals surface area contributed by atoms with Gasteiger partial charge >= 0.3 is 5.97 Å². The second-order valence-electron chi connectivity index (χ2n) is 12.5. The summed E-state index contributed by atoms with van der Waals surface area (Å²) >= 11 is 0. The molecule has 0 spiro atoms. The lowest BCUT2D eigenvalue weighted by atomic mass is 9.96. The SMILES string of the molecule is CCC1CC(Nc2cc(C3CC3CN3CCN(OC(C)=O)CC3)cc(C(=O)NCc3c(C)cc(C)[nH]c3=O)c2C)CCO1. The molecule has 1 aromatic heterocycles. The van der Waals surface area contributed by atoms with Gasteiger partial charge in [0.15, 0.2) is 0 Å². The van der Waals surface area contributed by atoms with E-state index < -0.39 is 0 Å². The molecule has 1 amide bonds. The summed E-state index contributed by atoms with van der Waals surface area (Å²) < 4.78 is 5.91. The van der Waals surface area contributed by atoms with E-state index in [0.29, 0.717) is 42.1 Å². The Labute approximate surface area is 254 Å². The smallest absolute Gasteiger partial charge is 0.322 e. The molecule has 10 heteroatoms. The number of ether oxygens (including phenoxy) is 1. The first kappa shape index (κ1) is 31.2. The number of aromatic amines is 1. The van der Waals surface area contributed by atoms with Gasteiger partial charge < -0.3 is 30.1 Å². The van der Waals surface area contributed by atoms with E-state index in [-0.39, 0.29) is 30.1 Å². The predicted octanol–water partition coefficient (Wildman–Crippen LogP) is 3.80. The van der Waals surface area contributed by atoms with Gasteiger partial charge in [-0.15, -0.1) is 5.06 Å². The van der Waals surface area contributed by atoms with Gasteiger partial charge in [0.1, 0.15) is 0 Å². The molecule has 1 saturated carbocycles. The van der Waals surface area contributed by atoms with Gasteiger partial charge in [0, 0.05) is 81.3 Å². The van der Waals surface area contributed by atoms with E-state index in [1.165, 1.54) is 12.5 Å². The number of nitrogens with zero attached hydrogens (tertiary/aromatic N) is 2. The van der Waals surface area contributed by atoms with Gasteiger partial charge in [-0.25, -0.2) is 0 Å². The molecule has 3 heterocycles. The lowest BCUT2D eigenvalue weighted by Crippen LogP contribution is -2.47. The molecule has 3 fully saturated rings. The molecule has 2 saturated heterocycles. The summed E-state index contributed by atoms with van der Waals surface area (Å²) in [7, 11) is 0. The molecule has 2 aromatic rings. The average molecular weight is 594 g/mol. The van der Waals surface area contributed by atoms with Crippen molar-refractivity contribution in [1.29, 1.82) is 0 Å². The van der Waals surface area contributed by atoms with Gasteiger partial charge in [-0.3, -0.25) is 14.4 Å². The van der Waals surface area contributed by atoms with E-state index in [2.05, 4.69) is 39.6 Å². The maximum atomic E-state index is 13.7. The molecule has 4 unspecified atom stereocenters. The number of piperazine rings is 1. The lowest BCUT2D eigenvalue weighted by molar-refractivity contribution is -0.194. The molecule has 0 bridgehead atoms. The number of nitrogens with one attached hydrogen (secondary N) is 3. The van der Waals surface area contributed by atoms with Gasteiger partial charge in [0.25, 0.3) is 11.5 Å². The van der Waals surface area contributed by atoms with Crippen molar-refractivity contribution in [2.24, 2.45) is 5.92 Å². The number of benzene rings is 1. The highest BCUT2D eigenvalue weighted by molar-refractivity contribution is 5.97. The zero-order valence-corrected chi connectivity index (χ0v) is 26.3. The molecule has 4 atom stereocenters. The van der Waals surface area contributed by atoms with Crippen molar-refractivity contribution in [3.8, 4) is 0 Å². The maximum absolute atomic E-state index is 13.7. The topological polar surface area (TPSA) is 116 Å².